The van der Waals surface area contributed by atoms with E-state index in [2.05, 4.69) is 33.0 Å². The van der Waals surface area contributed by atoms with Gasteiger partial charge >= 0.3 is 0 Å². The summed E-state index contributed by atoms with van der Waals surface area (Å²) in [7, 11) is 0. The van der Waals surface area contributed by atoms with E-state index < -0.39 is 0 Å². The largest absolute Gasteiger partial charge is 0.374 e. The fourth-order valence-electron chi connectivity index (χ4n) is 2.35. The summed E-state index contributed by atoms with van der Waals surface area (Å²) < 4.78 is 6.05. The molecular formula is C13H27NO. The van der Waals surface area contributed by atoms with E-state index in [0.29, 0.717) is 12.2 Å². The van der Waals surface area contributed by atoms with Gasteiger partial charge in [0.1, 0.15) is 0 Å². The number of rotatable bonds is 5. The molecule has 0 aromatic rings. The smallest absolute Gasteiger partial charge is 0.0675 e. The molecule has 0 aliphatic heterocycles. The molecule has 2 heteroatoms. The molecule has 0 spiro atoms. The number of nitrogens with one attached hydrogen (secondary N) is 1. The predicted molar refractivity (Wildman–Crippen MR) is 65.1 cm³/mol. The van der Waals surface area contributed by atoms with Gasteiger partial charge in [0.15, 0.2) is 0 Å². The maximum absolute atomic E-state index is 6.05. The summed E-state index contributed by atoms with van der Waals surface area (Å²) in [4.78, 5) is 0. The van der Waals surface area contributed by atoms with E-state index in [-0.39, 0.29) is 0 Å². The van der Waals surface area contributed by atoms with Crippen LogP contribution in [0.25, 0.3) is 0 Å². The van der Waals surface area contributed by atoms with Crippen LogP contribution in [0.1, 0.15) is 47.0 Å². The second-order valence-electron chi connectivity index (χ2n) is 5.14. The van der Waals surface area contributed by atoms with Crippen LogP contribution in [0.2, 0.25) is 0 Å². The Morgan fingerprint density at radius 3 is 2.60 bits per heavy atom. The van der Waals surface area contributed by atoms with Crippen LogP contribution in [0.4, 0.5) is 0 Å². The van der Waals surface area contributed by atoms with Gasteiger partial charge in [-0.05, 0) is 44.6 Å². The van der Waals surface area contributed by atoms with Crippen LogP contribution >= 0.6 is 0 Å². The SMILES string of the molecule is CCNCC(C)OC1CCC(C)C(C)C1. The number of hydrogen-bond acceptors (Lipinski definition) is 2. The second kappa shape index (κ2) is 6.49. The van der Waals surface area contributed by atoms with Crippen LogP contribution in [0.3, 0.4) is 0 Å². The number of hydrogen-bond donors (Lipinski definition) is 1. The van der Waals surface area contributed by atoms with Gasteiger partial charge in [0, 0.05) is 6.54 Å². The van der Waals surface area contributed by atoms with Crippen LogP contribution in [0.15, 0.2) is 0 Å². The lowest BCUT2D eigenvalue weighted by atomic mass is 9.80. The Hall–Kier alpha value is -0.0800. The van der Waals surface area contributed by atoms with E-state index >= 15 is 0 Å². The Bertz CT molecular complexity index is 172. The van der Waals surface area contributed by atoms with Gasteiger partial charge in [0.2, 0.25) is 0 Å². The fourth-order valence-corrected chi connectivity index (χ4v) is 2.35. The zero-order valence-corrected chi connectivity index (χ0v) is 10.8. The van der Waals surface area contributed by atoms with Crippen molar-refractivity contribution >= 4 is 0 Å². The van der Waals surface area contributed by atoms with Gasteiger partial charge in [0.05, 0.1) is 12.2 Å². The van der Waals surface area contributed by atoms with Gasteiger partial charge in [-0.1, -0.05) is 20.8 Å². The van der Waals surface area contributed by atoms with Gasteiger partial charge in [-0.25, -0.2) is 0 Å². The molecule has 1 aliphatic carbocycles. The van der Waals surface area contributed by atoms with Gasteiger partial charge in [-0.2, -0.15) is 0 Å². The lowest BCUT2D eigenvalue weighted by molar-refractivity contribution is -0.0382. The van der Waals surface area contributed by atoms with Crippen LogP contribution in [-0.4, -0.2) is 25.3 Å². The molecule has 2 nitrogen and oxygen atoms in total. The van der Waals surface area contributed by atoms with E-state index in [1.165, 1.54) is 19.3 Å². The minimum absolute atomic E-state index is 0.357. The average Bonchev–Trinajstić information content (AvgIpc) is 2.20. The summed E-state index contributed by atoms with van der Waals surface area (Å²) >= 11 is 0. The maximum atomic E-state index is 6.05. The van der Waals surface area contributed by atoms with E-state index in [0.717, 1.165) is 24.9 Å². The molecule has 4 unspecified atom stereocenters. The molecule has 0 heterocycles. The summed E-state index contributed by atoms with van der Waals surface area (Å²) in [5.74, 6) is 1.71. The van der Waals surface area contributed by atoms with Crippen LogP contribution in [0, 0.1) is 11.8 Å². The Kier molecular flexibility index (Phi) is 5.62. The van der Waals surface area contributed by atoms with Crippen molar-refractivity contribution < 1.29 is 4.74 Å². The van der Waals surface area contributed by atoms with E-state index in [1.54, 1.807) is 0 Å². The highest BCUT2D eigenvalue weighted by Gasteiger charge is 2.25. The zero-order valence-electron chi connectivity index (χ0n) is 10.8. The van der Waals surface area contributed by atoms with Crippen molar-refractivity contribution in [3.63, 3.8) is 0 Å². The van der Waals surface area contributed by atoms with Gasteiger partial charge in [-0.15, -0.1) is 0 Å². The molecule has 0 amide bonds. The zero-order chi connectivity index (χ0) is 11.3. The van der Waals surface area contributed by atoms with Crippen molar-refractivity contribution in [1.82, 2.24) is 5.32 Å². The average molecular weight is 213 g/mol. The Balaban J connectivity index is 2.21. The first-order chi connectivity index (χ1) is 7.13. The molecule has 1 rings (SSSR count). The summed E-state index contributed by atoms with van der Waals surface area (Å²) in [6.45, 7) is 11.0. The minimum atomic E-state index is 0.357. The van der Waals surface area contributed by atoms with Crippen molar-refractivity contribution in [3.05, 3.63) is 0 Å². The molecule has 1 aliphatic rings. The molecule has 90 valence electrons. The molecule has 1 fully saturated rings. The first kappa shape index (κ1) is 13.0. The fraction of sp³-hybridized carbons (Fsp3) is 1.00. The second-order valence-corrected chi connectivity index (χ2v) is 5.14. The van der Waals surface area contributed by atoms with Crippen molar-refractivity contribution in [3.8, 4) is 0 Å². The molecule has 1 saturated carbocycles. The number of likely N-dealkylation sites (N-methyl/N-ethyl adjacent to an activating group) is 1. The van der Waals surface area contributed by atoms with Crippen molar-refractivity contribution in [2.45, 2.75) is 59.2 Å². The standard InChI is InChI=1S/C13H27NO/c1-5-14-9-12(4)15-13-7-6-10(2)11(3)8-13/h10-14H,5-9H2,1-4H3. The summed E-state index contributed by atoms with van der Waals surface area (Å²) in [5, 5.41) is 3.33. The van der Waals surface area contributed by atoms with E-state index in [9.17, 15) is 0 Å². The molecule has 1 N–H and O–H groups in total. The lowest BCUT2D eigenvalue weighted by Crippen LogP contribution is -2.34. The monoisotopic (exact) mass is 213 g/mol. The third-order valence-electron chi connectivity index (χ3n) is 3.66. The van der Waals surface area contributed by atoms with Gasteiger partial charge in [-0.3, -0.25) is 0 Å². The third kappa shape index (κ3) is 4.52. The summed E-state index contributed by atoms with van der Waals surface area (Å²) in [6, 6.07) is 0. The highest BCUT2D eigenvalue weighted by molar-refractivity contribution is 4.76. The van der Waals surface area contributed by atoms with E-state index in [1.807, 2.05) is 0 Å². The highest BCUT2D eigenvalue weighted by atomic mass is 16.5. The third-order valence-corrected chi connectivity index (χ3v) is 3.66. The molecule has 0 aromatic carbocycles. The van der Waals surface area contributed by atoms with Gasteiger partial charge < -0.3 is 10.1 Å². The highest BCUT2D eigenvalue weighted by Crippen LogP contribution is 2.31. The Labute approximate surface area is 94.8 Å². The Morgan fingerprint density at radius 1 is 1.27 bits per heavy atom. The van der Waals surface area contributed by atoms with Crippen LogP contribution in [-0.2, 0) is 4.74 Å². The molecule has 4 atom stereocenters. The van der Waals surface area contributed by atoms with Crippen LogP contribution in [0.5, 0.6) is 0 Å². The van der Waals surface area contributed by atoms with Crippen molar-refractivity contribution in [2.75, 3.05) is 13.1 Å². The van der Waals surface area contributed by atoms with E-state index in [4.69, 9.17) is 4.74 Å². The topological polar surface area (TPSA) is 21.3 Å². The lowest BCUT2D eigenvalue weighted by Gasteiger charge is -2.33. The molecule has 0 saturated heterocycles. The molecule has 0 aromatic heterocycles. The van der Waals surface area contributed by atoms with Gasteiger partial charge in [0.25, 0.3) is 0 Å². The maximum Gasteiger partial charge on any atom is 0.0675 e. The quantitative estimate of drug-likeness (QED) is 0.758. The molecular weight excluding hydrogens is 186 g/mol. The first-order valence-corrected chi connectivity index (χ1v) is 6.49. The number of ether oxygens (including phenoxy) is 1. The normalized spacial score (nSPS) is 34.0. The van der Waals surface area contributed by atoms with Crippen molar-refractivity contribution in [2.24, 2.45) is 11.8 Å². The summed E-state index contributed by atoms with van der Waals surface area (Å²) in [6.07, 6.45) is 4.69. The van der Waals surface area contributed by atoms with Crippen molar-refractivity contribution in [1.29, 1.82) is 0 Å². The van der Waals surface area contributed by atoms with Crippen LogP contribution < -0.4 is 5.32 Å². The first-order valence-electron chi connectivity index (χ1n) is 6.49. The summed E-state index contributed by atoms with van der Waals surface area (Å²) in [5.41, 5.74) is 0. The Morgan fingerprint density at radius 2 is 2.00 bits per heavy atom. The molecule has 15 heavy (non-hydrogen) atoms. The molecule has 0 radical (unpaired) electrons. The predicted octanol–water partition coefficient (Wildman–Crippen LogP) is 2.83. The minimum Gasteiger partial charge on any atom is -0.374 e. The molecule has 0 bridgehead atoms.